The third-order valence-electron chi connectivity index (χ3n) is 5.83. The summed E-state index contributed by atoms with van der Waals surface area (Å²) in [4.78, 5) is 0. The summed E-state index contributed by atoms with van der Waals surface area (Å²) in [6.45, 7) is 2.24. The van der Waals surface area contributed by atoms with Gasteiger partial charge in [-0.2, -0.15) is 0 Å². The summed E-state index contributed by atoms with van der Waals surface area (Å²) in [6, 6.07) is 6.39. The Hall–Kier alpha value is -1.84. The molecular weight excluding hydrogens is 352 g/mol. The zero-order valence-corrected chi connectivity index (χ0v) is 15.7. The van der Waals surface area contributed by atoms with Gasteiger partial charge in [-0.25, -0.2) is 17.6 Å². The van der Waals surface area contributed by atoms with Gasteiger partial charge in [0, 0.05) is 5.56 Å². The first-order valence-electron chi connectivity index (χ1n) is 9.91. The molecule has 146 valence electrons. The highest BCUT2D eigenvalue weighted by Crippen LogP contribution is 2.34. The topological polar surface area (TPSA) is 0 Å². The van der Waals surface area contributed by atoms with E-state index < -0.39 is 23.3 Å². The van der Waals surface area contributed by atoms with Crippen LogP contribution in [0, 0.1) is 35.1 Å². The first kappa shape index (κ1) is 19.9. The maximum Gasteiger partial charge on any atom is 0.194 e. The van der Waals surface area contributed by atoms with Gasteiger partial charge in [0.25, 0.3) is 0 Å². The molecule has 0 radical (unpaired) electrons. The number of halogens is 4. The fourth-order valence-corrected chi connectivity index (χ4v) is 4.25. The van der Waals surface area contributed by atoms with Crippen molar-refractivity contribution in [3.05, 3.63) is 59.2 Å². The van der Waals surface area contributed by atoms with Gasteiger partial charge in [0.05, 0.1) is 0 Å². The number of hydrogen-bond donors (Lipinski definition) is 0. The minimum Gasteiger partial charge on any atom is -0.206 e. The van der Waals surface area contributed by atoms with E-state index in [9.17, 15) is 17.6 Å². The van der Waals surface area contributed by atoms with E-state index in [0.29, 0.717) is 5.92 Å². The van der Waals surface area contributed by atoms with Crippen LogP contribution in [0.3, 0.4) is 0 Å². The van der Waals surface area contributed by atoms with E-state index in [-0.39, 0.29) is 11.1 Å². The van der Waals surface area contributed by atoms with Gasteiger partial charge in [-0.1, -0.05) is 57.6 Å². The molecule has 0 aliphatic heterocycles. The molecule has 0 heterocycles. The Morgan fingerprint density at radius 1 is 0.778 bits per heavy atom. The minimum atomic E-state index is -1.54. The standard InChI is InChI=1S/C23H26F4/c1-2-3-15-4-6-16(7-5-15)8-9-17-10-11-19(20(24)12-17)18-13-21(25)23(27)22(26)14-18/h10-16H,2-9H2,1H3. The molecule has 3 rings (SSSR count). The Kier molecular flexibility index (Phi) is 6.56. The second kappa shape index (κ2) is 8.90. The smallest absolute Gasteiger partial charge is 0.194 e. The Balaban J connectivity index is 1.62. The van der Waals surface area contributed by atoms with Crippen molar-refractivity contribution in [3.8, 4) is 11.1 Å². The van der Waals surface area contributed by atoms with E-state index in [0.717, 1.165) is 36.5 Å². The number of rotatable bonds is 6. The molecule has 0 amide bonds. The highest BCUT2D eigenvalue weighted by Gasteiger charge is 2.20. The van der Waals surface area contributed by atoms with Crippen molar-refractivity contribution in [3.63, 3.8) is 0 Å². The van der Waals surface area contributed by atoms with Gasteiger partial charge in [0.1, 0.15) is 5.82 Å². The predicted molar refractivity (Wildman–Crippen MR) is 100 cm³/mol. The molecule has 1 aliphatic carbocycles. The maximum atomic E-state index is 14.5. The van der Waals surface area contributed by atoms with Crippen LogP contribution in [0.2, 0.25) is 0 Å². The van der Waals surface area contributed by atoms with E-state index in [1.807, 2.05) is 0 Å². The quantitative estimate of drug-likeness (QED) is 0.362. The number of hydrogen-bond acceptors (Lipinski definition) is 0. The molecule has 1 fully saturated rings. The summed E-state index contributed by atoms with van der Waals surface area (Å²) in [5.74, 6) is -3.13. The van der Waals surface area contributed by atoms with E-state index in [1.54, 1.807) is 6.07 Å². The Labute approximate surface area is 158 Å². The zero-order valence-electron chi connectivity index (χ0n) is 15.7. The second-order valence-electron chi connectivity index (χ2n) is 7.78. The van der Waals surface area contributed by atoms with Crippen LogP contribution in [0.25, 0.3) is 11.1 Å². The summed E-state index contributed by atoms with van der Waals surface area (Å²) in [5.41, 5.74) is 0.969. The monoisotopic (exact) mass is 378 g/mol. The molecule has 27 heavy (non-hydrogen) atoms. The Morgan fingerprint density at radius 3 is 1.93 bits per heavy atom. The molecule has 1 aliphatic rings. The highest BCUT2D eigenvalue weighted by molar-refractivity contribution is 5.64. The van der Waals surface area contributed by atoms with Crippen molar-refractivity contribution in [2.45, 2.75) is 58.3 Å². The molecule has 2 aromatic rings. The van der Waals surface area contributed by atoms with Crippen molar-refractivity contribution in [2.24, 2.45) is 11.8 Å². The van der Waals surface area contributed by atoms with Gasteiger partial charge in [0.15, 0.2) is 17.5 Å². The van der Waals surface area contributed by atoms with Crippen LogP contribution in [0.4, 0.5) is 17.6 Å². The summed E-state index contributed by atoms with van der Waals surface area (Å²) in [5, 5.41) is 0. The predicted octanol–water partition coefficient (Wildman–Crippen LogP) is 7.45. The summed E-state index contributed by atoms with van der Waals surface area (Å²) in [7, 11) is 0. The van der Waals surface area contributed by atoms with Gasteiger partial charge >= 0.3 is 0 Å². The van der Waals surface area contributed by atoms with Gasteiger partial charge in [-0.3, -0.25) is 0 Å². The van der Waals surface area contributed by atoms with Crippen molar-refractivity contribution in [1.29, 1.82) is 0 Å². The van der Waals surface area contributed by atoms with Crippen molar-refractivity contribution in [2.75, 3.05) is 0 Å². The molecular formula is C23H26F4. The van der Waals surface area contributed by atoms with Crippen LogP contribution in [0.1, 0.15) is 57.4 Å². The molecule has 2 aromatic carbocycles. The van der Waals surface area contributed by atoms with E-state index in [1.165, 1.54) is 50.7 Å². The van der Waals surface area contributed by atoms with Gasteiger partial charge in [-0.05, 0) is 54.0 Å². The second-order valence-corrected chi connectivity index (χ2v) is 7.78. The molecule has 0 saturated heterocycles. The molecule has 0 N–H and O–H groups in total. The fraction of sp³-hybridized carbons (Fsp3) is 0.478. The van der Waals surface area contributed by atoms with Gasteiger partial charge in [-0.15, -0.1) is 0 Å². The van der Waals surface area contributed by atoms with E-state index >= 15 is 0 Å². The molecule has 1 saturated carbocycles. The van der Waals surface area contributed by atoms with Crippen molar-refractivity contribution in [1.82, 2.24) is 0 Å². The van der Waals surface area contributed by atoms with Gasteiger partial charge < -0.3 is 0 Å². The molecule has 0 bridgehead atoms. The third-order valence-corrected chi connectivity index (χ3v) is 5.83. The molecule has 4 heteroatoms. The van der Waals surface area contributed by atoms with Crippen LogP contribution < -0.4 is 0 Å². The lowest BCUT2D eigenvalue weighted by Gasteiger charge is -2.28. The van der Waals surface area contributed by atoms with Crippen molar-refractivity contribution < 1.29 is 17.6 Å². The molecule has 0 spiro atoms. The third kappa shape index (κ3) is 4.91. The lowest BCUT2D eigenvalue weighted by Crippen LogP contribution is -2.15. The largest absolute Gasteiger partial charge is 0.206 e. The lowest BCUT2D eigenvalue weighted by molar-refractivity contribution is 0.252. The molecule has 0 aromatic heterocycles. The zero-order chi connectivity index (χ0) is 19.4. The molecule has 0 atom stereocenters. The number of benzene rings is 2. The summed E-state index contributed by atoms with van der Waals surface area (Å²) in [6.07, 6.45) is 9.51. The minimum absolute atomic E-state index is 0.00435. The van der Waals surface area contributed by atoms with Gasteiger partial charge in [0.2, 0.25) is 0 Å². The molecule has 0 unspecified atom stereocenters. The van der Waals surface area contributed by atoms with Crippen molar-refractivity contribution >= 4 is 0 Å². The van der Waals surface area contributed by atoms with Crippen LogP contribution in [-0.2, 0) is 6.42 Å². The van der Waals surface area contributed by atoms with E-state index in [4.69, 9.17) is 0 Å². The lowest BCUT2D eigenvalue weighted by atomic mass is 9.78. The Morgan fingerprint density at radius 2 is 1.37 bits per heavy atom. The van der Waals surface area contributed by atoms with Crippen LogP contribution in [-0.4, -0.2) is 0 Å². The number of aryl methyl sites for hydroxylation is 1. The first-order chi connectivity index (χ1) is 13.0. The highest BCUT2D eigenvalue weighted by atomic mass is 19.2. The first-order valence-corrected chi connectivity index (χ1v) is 9.91. The van der Waals surface area contributed by atoms with Crippen LogP contribution in [0.15, 0.2) is 30.3 Å². The van der Waals surface area contributed by atoms with E-state index in [2.05, 4.69) is 6.92 Å². The molecule has 0 nitrogen and oxygen atoms in total. The summed E-state index contributed by atoms with van der Waals surface area (Å²) >= 11 is 0. The average Bonchev–Trinajstić information content (AvgIpc) is 2.65. The maximum absolute atomic E-state index is 14.5. The summed E-state index contributed by atoms with van der Waals surface area (Å²) < 4.78 is 54.4. The Bertz CT molecular complexity index is 753. The SMILES string of the molecule is CCCC1CCC(CCc2ccc(-c3cc(F)c(F)c(F)c3)c(F)c2)CC1. The normalized spacial score (nSPS) is 20.0. The van der Waals surface area contributed by atoms with Crippen LogP contribution >= 0.6 is 0 Å². The average molecular weight is 378 g/mol. The van der Waals surface area contributed by atoms with Crippen LogP contribution in [0.5, 0.6) is 0 Å². The fourth-order valence-electron chi connectivity index (χ4n) is 4.25.